The third-order valence-corrected chi connectivity index (χ3v) is 2.39. The van der Waals surface area contributed by atoms with Crippen LogP contribution >= 0.6 is 15.9 Å². The van der Waals surface area contributed by atoms with Crippen molar-refractivity contribution in [2.45, 2.75) is 6.10 Å². The molecule has 1 amide bonds. The van der Waals surface area contributed by atoms with Crippen LogP contribution in [0.3, 0.4) is 0 Å². The number of carbonyl (C=O) groups is 1. The highest BCUT2D eigenvalue weighted by molar-refractivity contribution is 9.10. The molecule has 0 aliphatic carbocycles. The predicted octanol–water partition coefficient (Wildman–Crippen LogP) is 2.23. The van der Waals surface area contributed by atoms with Gasteiger partial charge in [0.2, 0.25) is 0 Å². The number of hydrogen-bond acceptors (Lipinski definition) is 2. The van der Waals surface area contributed by atoms with Crippen molar-refractivity contribution in [3.63, 3.8) is 0 Å². The number of amides is 1. The summed E-state index contributed by atoms with van der Waals surface area (Å²) in [4.78, 5) is 10.8. The third-order valence-electron chi connectivity index (χ3n) is 1.90. The number of hydrogen-bond donors (Lipinski definition) is 1. The second kappa shape index (κ2) is 3.38. The normalized spacial score (nSPS) is 21.0. The Labute approximate surface area is 84.2 Å². The smallest absolute Gasteiger partial charge is 0.407 e. The molecule has 1 aliphatic heterocycles. The van der Waals surface area contributed by atoms with Gasteiger partial charge in [-0.3, -0.25) is 0 Å². The number of alkyl carbamates (subject to hydrolysis) is 1. The van der Waals surface area contributed by atoms with Crippen LogP contribution in [0.1, 0.15) is 11.7 Å². The zero-order chi connectivity index (χ0) is 9.26. The predicted molar refractivity (Wildman–Crippen MR) is 51.4 cm³/mol. The van der Waals surface area contributed by atoms with E-state index in [0.717, 1.165) is 10.0 Å². The molecule has 13 heavy (non-hydrogen) atoms. The van der Waals surface area contributed by atoms with Crippen molar-refractivity contribution in [3.8, 4) is 0 Å². The number of halogens is 1. The number of rotatable bonds is 1. The lowest BCUT2D eigenvalue weighted by Crippen LogP contribution is -2.12. The van der Waals surface area contributed by atoms with Crippen LogP contribution in [0.4, 0.5) is 4.79 Å². The van der Waals surface area contributed by atoms with Crippen molar-refractivity contribution < 1.29 is 9.53 Å². The van der Waals surface area contributed by atoms with Gasteiger partial charge >= 0.3 is 6.09 Å². The second-order valence-electron chi connectivity index (χ2n) is 2.83. The highest BCUT2D eigenvalue weighted by Crippen LogP contribution is 2.23. The molecular formula is C9H8BrNO2. The van der Waals surface area contributed by atoms with Crippen LogP contribution < -0.4 is 5.32 Å². The number of nitrogens with one attached hydrogen (secondary N) is 1. The number of carbonyl (C=O) groups excluding carboxylic acids is 1. The van der Waals surface area contributed by atoms with E-state index in [-0.39, 0.29) is 12.2 Å². The van der Waals surface area contributed by atoms with Gasteiger partial charge in [0.05, 0.1) is 6.54 Å². The summed E-state index contributed by atoms with van der Waals surface area (Å²) >= 11 is 3.36. The lowest BCUT2D eigenvalue weighted by Gasteiger charge is -2.07. The van der Waals surface area contributed by atoms with Crippen molar-refractivity contribution >= 4 is 22.0 Å². The van der Waals surface area contributed by atoms with E-state index < -0.39 is 0 Å². The molecule has 1 fully saturated rings. The maximum atomic E-state index is 10.8. The minimum Gasteiger partial charge on any atom is -0.439 e. The first-order valence-electron chi connectivity index (χ1n) is 3.95. The lowest BCUT2D eigenvalue weighted by atomic mass is 10.1. The van der Waals surface area contributed by atoms with Crippen LogP contribution in [0.15, 0.2) is 28.7 Å². The molecule has 68 valence electrons. The quantitative estimate of drug-likeness (QED) is 0.819. The monoisotopic (exact) mass is 241 g/mol. The molecule has 1 unspecified atom stereocenters. The van der Waals surface area contributed by atoms with Crippen molar-refractivity contribution in [3.05, 3.63) is 34.3 Å². The Morgan fingerprint density at radius 3 is 3.00 bits per heavy atom. The molecule has 1 heterocycles. The fraction of sp³-hybridized carbons (Fsp3) is 0.222. The molecule has 0 bridgehead atoms. The zero-order valence-corrected chi connectivity index (χ0v) is 8.37. The highest BCUT2D eigenvalue weighted by atomic mass is 79.9. The van der Waals surface area contributed by atoms with E-state index in [4.69, 9.17) is 4.74 Å². The number of benzene rings is 1. The molecule has 0 radical (unpaired) electrons. The van der Waals surface area contributed by atoms with Crippen LogP contribution in [0.25, 0.3) is 0 Å². The number of ether oxygens (including phenoxy) is 1. The van der Waals surface area contributed by atoms with E-state index >= 15 is 0 Å². The molecule has 2 rings (SSSR count). The van der Waals surface area contributed by atoms with Crippen LogP contribution in [-0.2, 0) is 4.74 Å². The Morgan fingerprint density at radius 2 is 2.38 bits per heavy atom. The first kappa shape index (κ1) is 8.56. The van der Waals surface area contributed by atoms with Gasteiger partial charge in [-0.05, 0) is 17.7 Å². The maximum Gasteiger partial charge on any atom is 0.407 e. The minimum absolute atomic E-state index is 0.148. The first-order chi connectivity index (χ1) is 6.25. The molecule has 4 heteroatoms. The van der Waals surface area contributed by atoms with Gasteiger partial charge in [0.15, 0.2) is 0 Å². The lowest BCUT2D eigenvalue weighted by molar-refractivity contribution is 0.141. The summed E-state index contributed by atoms with van der Waals surface area (Å²) in [7, 11) is 0. The SMILES string of the molecule is O=C1NCC(c2cccc(Br)c2)O1. The standard InChI is InChI=1S/C9H8BrNO2/c10-7-3-1-2-6(4-7)8-5-11-9(12)13-8/h1-4,8H,5H2,(H,11,12). The van der Waals surface area contributed by atoms with E-state index in [1.54, 1.807) is 0 Å². The molecule has 0 saturated carbocycles. The third kappa shape index (κ3) is 1.83. The average Bonchev–Trinajstić information content (AvgIpc) is 2.52. The van der Waals surface area contributed by atoms with Crippen LogP contribution in [0.5, 0.6) is 0 Å². The summed E-state index contributed by atoms with van der Waals surface area (Å²) in [6.45, 7) is 0.551. The van der Waals surface area contributed by atoms with Crippen molar-refractivity contribution in [1.29, 1.82) is 0 Å². The topological polar surface area (TPSA) is 38.3 Å². The fourth-order valence-corrected chi connectivity index (χ4v) is 1.70. The molecular weight excluding hydrogens is 234 g/mol. The summed E-state index contributed by atoms with van der Waals surface area (Å²) in [6.07, 6.45) is -0.491. The summed E-state index contributed by atoms with van der Waals surface area (Å²) < 4.78 is 6.02. The molecule has 1 aliphatic rings. The maximum absolute atomic E-state index is 10.8. The molecule has 1 N–H and O–H groups in total. The van der Waals surface area contributed by atoms with Gasteiger partial charge in [0.25, 0.3) is 0 Å². The van der Waals surface area contributed by atoms with Gasteiger partial charge in [-0.15, -0.1) is 0 Å². The number of cyclic esters (lactones) is 1. The molecule has 1 aromatic carbocycles. The first-order valence-corrected chi connectivity index (χ1v) is 4.75. The average molecular weight is 242 g/mol. The van der Waals surface area contributed by atoms with Crippen LogP contribution in [-0.4, -0.2) is 12.6 Å². The van der Waals surface area contributed by atoms with Crippen molar-refractivity contribution in [2.75, 3.05) is 6.54 Å². The van der Waals surface area contributed by atoms with Gasteiger partial charge in [0, 0.05) is 4.47 Å². The Hall–Kier alpha value is -1.03. The van der Waals surface area contributed by atoms with E-state index in [2.05, 4.69) is 21.2 Å². The molecule has 3 nitrogen and oxygen atoms in total. The van der Waals surface area contributed by atoms with E-state index in [9.17, 15) is 4.79 Å². The zero-order valence-electron chi connectivity index (χ0n) is 6.79. The Bertz CT molecular complexity index is 340. The van der Waals surface area contributed by atoms with Gasteiger partial charge in [-0.25, -0.2) is 4.79 Å². The highest BCUT2D eigenvalue weighted by Gasteiger charge is 2.23. The van der Waals surface area contributed by atoms with Crippen LogP contribution in [0.2, 0.25) is 0 Å². The summed E-state index contributed by atoms with van der Waals surface area (Å²) in [6, 6.07) is 7.75. The Morgan fingerprint density at radius 1 is 1.54 bits per heavy atom. The van der Waals surface area contributed by atoms with Gasteiger partial charge in [-0.1, -0.05) is 28.1 Å². The van der Waals surface area contributed by atoms with Gasteiger partial charge in [0.1, 0.15) is 6.10 Å². The molecule has 0 aromatic heterocycles. The Kier molecular flexibility index (Phi) is 2.22. The van der Waals surface area contributed by atoms with E-state index in [1.807, 2.05) is 24.3 Å². The van der Waals surface area contributed by atoms with Gasteiger partial charge in [-0.2, -0.15) is 0 Å². The van der Waals surface area contributed by atoms with Crippen LogP contribution in [0, 0.1) is 0 Å². The fourth-order valence-electron chi connectivity index (χ4n) is 1.28. The summed E-state index contributed by atoms with van der Waals surface area (Å²) in [5.41, 5.74) is 1.01. The molecule has 1 aromatic rings. The van der Waals surface area contributed by atoms with E-state index in [1.165, 1.54) is 0 Å². The van der Waals surface area contributed by atoms with Gasteiger partial charge < -0.3 is 10.1 Å². The molecule has 1 saturated heterocycles. The summed E-state index contributed by atoms with van der Waals surface area (Å²) in [5, 5.41) is 2.61. The molecule has 0 spiro atoms. The van der Waals surface area contributed by atoms with E-state index in [0.29, 0.717) is 6.54 Å². The van der Waals surface area contributed by atoms with Crippen molar-refractivity contribution in [1.82, 2.24) is 5.32 Å². The minimum atomic E-state index is -0.343. The molecule has 1 atom stereocenters. The van der Waals surface area contributed by atoms with Crippen molar-refractivity contribution in [2.24, 2.45) is 0 Å². The second-order valence-corrected chi connectivity index (χ2v) is 3.75. The largest absolute Gasteiger partial charge is 0.439 e. The summed E-state index contributed by atoms with van der Waals surface area (Å²) in [5.74, 6) is 0. The Balaban J connectivity index is 2.21.